The van der Waals surface area contributed by atoms with Gasteiger partial charge in [0.15, 0.2) is 0 Å². The Bertz CT molecular complexity index is 1930. The van der Waals surface area contributed by atoms with Crippen molar-refractivity contribution in [3.05, 3.63) is 121 Å². The van der Waals surface area contributed by atoms with Gasteiger partial charge in [0.05, 0.1) is 0 Å². The van der Waals surface area contributed by atoms with Crippen LogP contribution in [0.5, 0.6) is 0 Å². The van der Waals surface area contributed by atoms with E-state index in [1.54, 1.807) is 0 Å². The summed E-state index contributed by atoms with van der Waals surface area (Å²) in [5.74, 6) is 2.06. The molecule has 5 heteroatoms. The fraction of sp³-hybridized carbons (Fsp3) is 0. The zero-order valence-electron chi connectivity index (χ0n) is 20.2. The predicted molar refractivity (Wildman–Crippen MR) is 159 cm³/mol. The molecule has 2 heterocycles. The van der Waals surface area contributed by atoms with Crippen LogP contribution in [0.15, 0.2) is 121 Å². The van der Waals surface area contributed by atoms with Gasteiger partial charge in [-0.1, -0.05) is 0 Å². The molecule has 0 fully saturated rings. The molecule has 2 aromatic heterocycles. The number of aromatic nitrogens is 3. The van der Waals surface area contributed by atoms with Gasteiger partial charge in [-0.25, -0.2) is 0 Å². The summed E-state index contributed by atoms with van der Waals surface area (Å²) in [6, 6.07) is 42.0. The van der Waals surface area contributed by atoms with Crippen LogP contribution in [0.25, 0.3) is 64.6 Å². The van der Waals surface area contributed by atoms with Crippen molar-refractivity contribution < 1.29 is 0 Å². The Kier molecular flexibility index (Phi) is 6.00. The summed E-state index contributed by atoms with van der Waals surface area (Å²) in [6.07, 6.45) is 0. The molecule has 0 aliphatic heterocycles. The summed E-state index contributed by atoms with van der Waals surface area (Å²) in [7, 11) is 0. The first-order chi connectivity index (χ1) is 18.8. The molecule has 0 amide bonds. The van der Waals surface area contributed by atoms with Crippen LogP contribution in [-0.2, 0) is 0 Å². The van der Waals surface area contributed by atoms with Crippen LogP contribution in [0.1, 0.15) is 0 Å². The summed E-state index contributed by atoms with van der Waals surface area (Å²) in [4.78, 5) is 15.1. The van der Waals surface area contributed by atoms with Crippen LogP contribution in [0.2, 0.25) is 0 Å². The third kappa shape index (κ3) is 4.11. The van der Waals surface area contributed by atoms with Crippen molar-refractivity contribution in [3.63, 3.8) is 0 Å². The van der Waals surface area contributed by atoms with Crippen LogP contribution in [0.4, 0.5) is 0 Å². The Morgan fingerprint density at radius 3 is 1.79 bits per heavy atom. The van der Waals surface area contributed by atoms with E-state index in [2.05, 4.69) is 113 Å². The molecule has 179 valence electrons. The fourth-order valence-corrected chi connectivity index (χ4v) is 8.08. The van der Waals surface area contributed by atoms with Crippen molar-refractivity contribution in [1.82, 2.24) is 15.0 Å². The van der Waals surface area contributed by atoms with E-state index < -0.39 is 0 Å². The van der Waals surface area contributed by atoms with E-state index in [9.17, 15) is 0 Å². The van der Waals surface area contributed by atoms with Crippen molar-refractivity contribution in [2.24, 2.45) is 0 Å². The standard InChI is InChI=1S/C33H20N3Se2/c37-29-23(21-11-3-1-4-12-21)16-9-18-26(29)32-34-31(22-13-5-2-6-14-22)35-33(36-32)27-19-10-17-25-24-15-7-8-20-28(24)38-30(25)27/h1-20H. The maximum atomic E-state index is 5.10. The van der Waals surface area contributed by atoms with Gasteiger partial charge in [-0.2, -0.15) is 0 Å². The van der Waals surface area contributed by atoms with E-state index in [1.165, 1.54) is 19.3 Å². The molecule has 0 aliphatic rings. The van der Waals surface area contributed by atoms with Crippen LogP contribution >= 0.6 is 0 Å². The molecule has 0 atom stereocenters. The molecular formula is C33H20N3Se2. The van der Waals surface area contributed by atoms with Crippen LogP contribution in [0.3, 0.4) is 0 Å². The molecule has 5 aromatic carbocycles. The minimum absolute atomic E-state index is 0.194. The average Bonchev–Trinajstić information content (AvgIpc) is 3.37. The van der Waals surface area contributed by atoms with Gasteiger partial charge >= 0.3 is 236 Å². The van der Waals surface area contributed by atoms with Crippen LogP contribution < -0.4 is 4.46 Å². The Morgan fingerprint density at radius 2 is 1.00 bits per heavy atom. The Balaban J connectivity index is 1.48. The molecule has 3 nitrogen and oxygen atoms in total. The molecule has 0 unspecified atom stereocenters. The SMILES string of the molecule is [Se]c1c(-c2ccccc2)cccc1-c1nc(-c2ccccc2)nc(-c2cccc3c2[se]c2ccccc23)n1. The number of hydrogen-bond acceptors (Lipinski definition) is 3. The van der Waals surface area contributed by atoms with Crippen molar-refractivity contribution in [3.8, 4) is 45.3 Å². The second-order valence-corrected chi connectivity index (χ2v) is 12.1. The molecule has 38 heavy (non-hydrogen) atoms. The zero-order valence-corrected chi connectivity index (χ0v) is 23.6. The topological polar surface area (TPSA) is 38.7 Å². The van der Waals surface area contributed by atoms with Crippen molar-refractivity contribution in [2.75, 3.05) is 0 Å². The molecule has 0 spiro atoms. The van der Waals surface area contributed by atoms with E-state index in [0.717, 1.165) is 32.3 Å². The van der Waals surface area contributed by atoms with E-state index >= 15 is 0 Å². The first-order valence-electron chi connectivity index (χ1n) is 12.3. The molecule has 0 N–H and O–H groups in total. The van der Waals surface area contributed by atoms with Gasteiger partial charge in [0.25, 0.3) is 0 Å². The van der Waals surface area contributed by atoms with E-state index in [4.69, 9.17) is 15.0 Å². The van der Waals surface area contributed by atoms with Gasteiger partial charge in [0, 0.05) is 0 Å². The second kappa shape index (κ2) is 9.79. The summed E-state index contributed by atoms with van der Waals surface area (Å²) in [5, 5.41) is 2.61. The summed E-state index contributed by atoms with van der Waals surface area (Å²) >= 11 is 3.50. The molecule has 0 saturated heterocycles. The molecule has 1 radical (unpaired) electrons. The number of hydrogen-bond donors (Lipinski definition) is 0. The maximum absolute atomic E-state index is 5.10. The number of fused-ring (bicyclic) bond motifs is 3. The monoisotopic (exact) mass is 618 g/mol. The van der Waals surface area contributed by atoms with Gasteiger partial charge in [0.2, 0.25) is 0 Å². The van der Waals surface area contributed by atoms with Crippen molar-refractivity contribution in [1.29, 1.82) is 0 Å². The Labute approximate surface area is 234 Å². The van der Waals surface area contributed by atoms with E-state index in [1.807, 2.05) is 24.3 Å². The second-order valence-electron chi connectivity index (χ2n) is 9.00. The predicted octanol–water partition coefficient (Wildman–Crippen LogP) is 6.70. The molecule has 0 saturated carbocycles. The first-order valence-corrected chi connectivity index (χ1v) is 14.9. The molecule has 7 rings (SSSR count). The molecule has 0 bridgehead atoms. The third-order valence-electron chi connectivity index (χ3n) is 6.65. The van der Waals surface area contributed by atoms with Crippen molar-refractivity contribution >= 4 is 54.3 Å². The third-order valence-corrected chi connectivity index (χ3v) is 10.1. The summed E-state index contributed by atoms with van der Waals surface area (Å²) in [6.45, 7) is 0. The van der Waals surface area contributed by atoms with Gasteiger partial charge in [-0.05, 0) is 0 Å². The van der Waals surface area contributed by atoms with Gasteiger partial charge in [-0.15, -0.1) is 0 Å². The van der Waals surface area contributed by atoms with Crippen molar-refractivity contribution in [2.45, 2.75) is 0 Å². The van der Waals surface area contributed by atoms with Gasteiger partial charge in [0.1, 0.15) is 0 Å². The number of rotatable bonds is 4. The van der Waals surface area contributed by atoms with Gasteiger partial charge < -0.3 is 0 Å². The zero-order chi connectivity index (χ0) is 25.5. The summed E-state index contributed by atoms with van der Waals surface area (Å²) < 4.78 is 3.77. The number of benzene rings is 5. The Morgan fingerprint density at radius 1 is 0.447 bits per heavy atom. The minimum atomic E-state index is 0.194. The van der Waals surface area contributed by atoms with E-state index in [-0.39, 0.29) is 14.5 Å². The molecule has 0 aliphatic carbocycles. The normalized spacial score (nSPS) is 11.3. The van der Waals surface area contributed by atoms with E-state index in [0.29, 0.717) is 17.5 Å². The summed E-state index contributed by atoms with van der Waals surface area (Å²) in [5.41, 5.74) is 5.31. The molecular weight excluding hydrogens is 596 g/mol. The van der Waals surface area contributed by atoms with Gasteiger partial charge in [-0.3, -0.25) is 0 Å². The van der Waals surface area contributed by atoms with Crippen LogP contribution in [0, 0.1) is 0 Å². The first kappa shape index (κ1) is 23.3. The average molecular weight is 616 g/mol. The van der Waals surface area contributed by atoms with Crippen LogP contribution in [-0.4, -0.2) is 45.5 Å². The molecule has 7 aromatic rings. The number of nitrogens with zero attached hydrogens (tertiary/aromatic N) is 3. The fourth-order valence-electron chi connectivity index (χ4n) is 4.81. The quantitative estimate of drug-likeness (QED) is 0.207. The Hall–Kier alpha value is -3.85.